The minimum absolute atomic E-state index is 0. The van der Waals surface area contributed by atoms with Gasteiger partial charge in [0, 0.05) is 32.2 Å². The van der Waals surface area contributed by atoms with E-state index in [1.54, 1.807) is 16.8 Å². The van der Waals surface area contributed by atoms with E-state index in [-0.39, 0.29) is 35.8 Å². The van der Waals surface area contributed by atoms with Gasteiger partial charge in [-0.1, -0.05) is 12.8 Å². The standard InChI is InChI=1S/C20H27F2N3O2.ClH/c1-23-9-10-24(2)20(27)18-11-13-5-3-4-6-17(13)25(18)19(26)15-8-7-14(21)12-16(15)22;/h7-8,12-13,17-18,23H,3-6,9-11H2,1-2H3;1H. The zero-order valence-electron chi connectivity index (χ0n) is 16.3. The van der Waals surface area contributed by atoms with Gasteiger partial charge >= 0.3 is 0 Å². The number of hydrogen-bond acceptors (Lipinski definition) is 3. The number of likely N-dealkylation sites (N-methyl/N-ethyl adjacent to an activating group) is 2. The minimum Gasteiger partial charge on any atom is -0.343 e. The highest BCUT2D eigenvalue weighted by molar-refractivity contribution is 5.98. The summed E-state index contributed by atoms with van der Waals surface area (Å²) in [7, 11) is 3.54. The Labute approximate surface area is 170 Å². The highest BCUT2D eigenvalue weighted by Crippen LogP contribution is 2.41. The number of rotatable bonds is 5. The van der Waals surface area contributed by atoms with Crippen LogP contribution in [0.3, 0.4) is 0 Å². The van der Waals surface area contributed by atoms with Gasteiger partial charge in [0.15, 0.2) is 0 Å². The summed E-state index contributed by atoms with van der Waals surface area (Å²) in [4.78, 5) is 29.4. The Kier molecular flexibility index (Phi) is 7.78. The average molecular weight is 416 g/mol. The molecule has 1 aromatic carbocycles. The van der Waals surface area contributed by atoms with Gasteiger partial charge in [-0.3, -0.25) is 9.59 Å². The molecule has 1 saturated heterocycles. The normalized spacial score (nSPS) is 23.7. The molecule has 1 N–H and O–H groups in total. The number of nitrogens with one attached hydrogen (secondary N) is 1. The van der Waals surface area contributed by atoms with E-state index in [9.17, 15) is 18.4 Å². The van der Waals surface area contributed by atoms with Gasteiger partial charge in [-0.15, -0.1) is 12.4 Å². The van der Waals surface area contributed by atoms with Crippen LogP contribution in [-0.4, -0.2) is 60.9 Å². The molecule has 0 spiro atoms. The third-order valence-corrected chi connectivity index (χ3v) is 5.84. The number of fused-ring (bicyclic) bond motifs is 1. The Hall–Kier alpha value is -1.73. The number of hydrogen-bond donors (Lipinski definition) is 1. The van der Waals surface area contributed by atoms with Crippen molar-refractivity contribution in [2.75, 3.05) is 27.2 Å². The molecule has 156 valence electrons. The van der Waals surface area contributed by atoms with Crippen LogP contribution in [0.25, 0.3) is 0 Å². The molecule has 2 aliphatic rings. The van der Waals surface area contributed by atoms with Crippen LogP contribution in [-0.2, 0) is 4.79 Å². The lowest BCUT2D eigenvalue weighted by Crippen LogP contribution is -2.50. The second-order valence-corrected chi connectivity index (χ2v) is 7.56. The molecule has 2 amide bonds. The number of amides is 2. The topological polar surface area (TPSA) is 52.7 Å². The number of carbonyl (C=O) groups is 2. The summed E-state index contributed by atoms with van der Waals surface area (Å²) in [5.74, 6) is -1.97. The third-order valence-electron chi connectivity index (χ3n) is 5.84. The number of carbonyl (C=O) groups excluding carboxylic acids is 2. The fraction of sp³-hybridized carbons (Fsp3) is 0.600. The zero-order chi connectivity index (χ0) is 19.6. The van der Waals surface area contributed by atoms with Gasteiger partial charge in [-0.25, -0.2) is 8.78 Å². The quantitative estimate of drug-likeness (QED) is 0.804. The Morgan fingerprint density at radius 2 is 1.96 bits per heavy atom. The first-order valence-corrected chi connectivity index (χ1v) is 9.61. The lowest BCUT2D eigenvalue weighted by atomic mass is 9.84. The Bertz CT molecular complexity index is 719. The highest BCUT2D eigenvalue weighted by Gasteiger charge is 2.48. The molecule has 3 rings (SSSR count). The molecule has 0 radical (unpaired) electrons. The maximum atomic E-state index is 14.2. The SMILES string of the molecule is CNCCN(C)C(=O)C1CC2CCCCC2N1C(=O)c1ccc(F)cc1F.Cl. The van der Waals surface area contributed by atoms with E-state index in [1.807, 2.05) is 7.05 Å². The van der Waals surface area contributed by atoms with Crippen LogP contribution < -0.4 is 5.32 Å². The number of nitrogens with zero attached hydrogens (tertiary/aromatic N) is 2. The van der Waals surface area contributed by atoms with E-state index in [2.05, 4.69) is 5.32 Å². The van der Waals surface area contributed by atoms with Gasteiger partial charge in [0.05, 0.1) is 5.56 Å². The molecule has 2 fully saturated rings. The number of halogens is 3. The van der Waals surface area contributed by atoms with Crippen LogP contribution in [0.1, 0.15) is 42.5 Å². The molecule has 28 heavy (non-hydrogen) atoms. The fourth-order valence-electron chi connectivity index (χ4n) is 4.42. The average Bonchev–Trinajstić information content (AvgIpc) is 3.04. The van der Waals surface area contributed by atoms with Crippen molar-refractivity contribution in [3.05, 3.63) is 35.4 Å². The van der Waals surface area contributed by atoms with Gasteiger partial charge < -0.3 is 15.1 Å². The smallest absolute Gasteiger partial charge is 0.257 e. The lowest BCUT2D eigenvalue weighted by Gasteiger charge is -2.34. The molecule has 5 nitrogen and oxygen atoms in total. The van der Waals surface area contributed by atoms with Gasteiger partial charge in [-0.05, 0) is 44.4 Å². The van der Waals surface area contributed by atoms with Crippen LogP contribution in [0.5, 0.6) is 0 Å². The van der Waals surface area contributed by atoms with Crippen molar-refractivity contribution in [2.24, 2.45) is 5.92 Å². The third kappa shape index (κ3) is 4.46. The van der Waals surface area contributed by atoms with Crippen LogP contribution in [0, 0.1) is 17.6 Å². The maximum Gasteiger partial charge on any atom is 0.257 e. The molecular weight excluding hydrogens is 388 g/mol. The molecule has 1 aliphatic carbocycles. The van der Waals surface area contributed by atoms with E-state index in [0.717, 1.165) is 37.8 Å². The second-order valence-electron chi connectivity index (χ2n) is 7.56. The molecule has 1 aromatic rings. The second kappa shape index (κ2) is 9.65. The summed E-state index contributed by atoms with van der Waals surface area (Å²) in [5, 5.41) is 3.01. The van der Waals surface area contributed by atoms with Gasteiger partial charge in [-0.2, -0.15) is 0 Å². The Morgan fingerprint density at radius 1 is 1.25 bits per heavy atom. The van der Waals surface area contributed by atoms with Crippen molar-refractivity contribution in [3.8, 4) is 0 Å². The first-order valence-electron chi connectivity index (χ1n) is 9.61. The summed E-state index contributed by atoms with van der Waals surface area (Å²) in [5.41, 5.74) is -0.168. The van der Waals surface area contributed by atoms with Crippen molar-refractivity contribution >= 4 is 24.2 Å². The molecule has 0 aromatic heterocycles. The monoisotopic (exact) mass is 415 g/mol. The molecule has 8 heteroatoms. The van der Waals surface area contributed by atoms with E-state index in [0.29, 0.717) is 19.5 Å². The predicted octanol–water partition coefficient (Wildman–Crippen LogP) is 2.84. The summed E-state index contributed by atoms with van der Waals surface area (Å²) in [6.45, 7) is 1.19. The number of benzene rings is 1. The molecule has 3 atom stereocenters. The van der Waals surface area contributed by atoms with Gasteiger partial charge in [0.1, 0.15) is 17.7 Å². The van der Waals surface area contributed by atoms with Crippen LogP contribution in [0.2, 0.25) is 0 Å². The van der Waals surface area contributed by atoms with Crippen molar-refractivity contribution in [1.29, 1.82) is 0 Å². The van der Waals surface area contributed by atoms with Crippen LogP contribution >= 0.6 is 12.4 Å². The van der Waals surface area contributed by atoms with Crippen molar-refractivity contribution in [1.82, 2.24) is 15.1 Å². The lowest BCUT2D eigenvalue weighted by molar-refractivity contribution is -0.134. The largest absolute Gasteiger partial charge is 0.343 e. The molecule has 0 bridgehead atoms. The highest BCUT2D eigenvalue weighted by atomic mass is 35.5. The first kappa shape index (κ1) is 22.6. The van der Waals surface area contributed by atoms with Crippen molar-refractivity contribution in [2.45, 2.75) is 44.2 Å². The molecule has 1 heterocycles. The van der Waals surface area contributed by atoms with Crippen molar-refractivity contribution in [3.63, 3.8) is 0 Å². The summed E-state index contributed by atoms with van der Waals surface area (Å²) in [6, 6.07) is 2.34. The van der Waals surface area contributed by atoms with Gasteiger partial charge in [0.2, 0.25) is 5.91 Å². The Balaban J connectivity index is 0.00000280. The Morgan fingerprint density at radius 3 is 2.64 bits per heavy atom. The predicted molar refractivity (Wildman–Crippen MR) is 105 cm³/mol. The van der Waals surface area contributed by atoms with E-state index in [4.69, 9.17) is 0 Å². The molecular formula is C20H28ClF2N3O2. The van der Waals surface area contributed by atoms with Gasteiger partial charge in [0.25, 0.3) is 5.91 Å². The summed E-state index contributed by atoms with van der Waals surface area (Å²) >= 11 is 0. The first-order chi connectivity index (χ1) is 12.9. The van der Waals surface area contributed by atoms with Crippen LogP contribution in [0.4, 0.5) is 8.78 Å². The van der Waals surface area contributed by atoms with Crippen LogP contribution in [0.15, 0.2) is 18.2 Å². The molecule has 1 aliphatic heterocycles. The maximum absolute atomic E-state index is 14.2. The number of likely N-dealkylation sites (tertiary alicyclic amines) is 1. The molecule has 1 saturated carbocycles. The minimum atomic E-state index is -0.881. The summed E-state index contributed by atoms with van der Waals surface area (Å²) < 4.78 is 27.5. The van der Waals surface area contributed by atoms with E-state index < -0.39 is 23.6 Å². The summed E-state index contributed by atoms with van der Waals surface area (Å²) in [6.07, 6.45) is 4.49. The van der Waals surface area contributed by atoms with Crippen molar-refractivity contribution < 1.29 is 18.4 Å². The van der Waals surface area contributed by atoms with E-state index >= 15 is 0 Å². The fourth-order valence-corrected chi connectivity index (χ4v) is 4.42. The molecule has 3 unspecified atom stereocenters. The van der Waals surface area contributed by atoms with E-state index in [1.165, 1.54) is 6.07 Å². The zero-order valence-corrected chi connectivity index (χ0v) is 17.1.